The van der Waals surface area contributed by atoms with Gasteiger partial charge >= 0.3 is 0 Å². The van der Waals surface area contributed by atoms with Gasteiger partial charge in [-0.05, 0) is 30.7 Å². The molecule has 0 amide bonds. The van der Waals surface area contributed by atoms with E-state index in [4.69, 9.17) is 5.73 Å². The number of hydrogen-bond donors (Lipinski definition) is 2. The summed E-state index contributed by atoms with van der Waals surface area (Å²) >= 11 is 0.977. The molecule has 0 bridgehead atoms. The van der Waals surface area contributed by atoms with Gasteiger partial charge in [0.15, 0.2) is 0 Å². The second-order valence-electron chi connectivity index (χ2n) is 3.41. The summed E-state index contributed by atoms with van der Waals surface area (Å²) in [6.07, 6.45) is 1.36. The number of nitrogen functional groups attached to an aromatic ring is 1. The van der Waals surface area contributed by atoms with Crippen LogP contribution in [0.1, 0.15) is 5.56 Å². The van der Waals surface area contributed by atoms with Gasteiger partial charge in [0.25, 0.3) is 10.0 Å². The number of hydrogen-bond acceptors (Lipinski definition) is 6. The highest BCUT2D eigenvalue weighted by Crippen LogP contribution is 2.21. The molecule has 3 N–H and O–H groups in total. The van der Waals surface area contributed by atoms with Crippen LogP contribution in [0, 0.1) is 6.92 Å². The summed E-state index contributed by atoms with van der Waals surface area (Å²) in [5.74, 6) is 0. The van der Waals surface area contributed by atoms with Crippen LogP contribution in [0.15, 0.2) is 29.3 Å². The van der Waals surface area contributed by atoms with Crippen LogP contribution in [0.4, 0.5) is 10.7 Å². The molecule has 6 nitrogen and oxygen atoms in total. The van der Waals surface area contributed by atoms with Gasteiger partial charge in [-0.1, -0.05) is 4.49 Å². The van der Waals surface area contributed by atoms with Crippen molar-refractivity contribution in [2.24, 2.45) is 0 Å². The summed E-state index contributed by atoms with van der Waals surface area (Å²) in [7, 11) is -3.61. The fourth-order valence-corrected chi connectivity index (χ4v) is 3.29. The second kappa shape index (κ2) is 4.30. The third-order valence-corrected chi connectivity index (χ3v) is 4.32. The van der Waals surface area contributed by atoms with Crippen LogP contribution in [0.5, 0.6) is 0 Å². The van der Waals surface area contributed by atoms with Crippen molar-refractivity contribution in [3.63, 3.8) is 0 Å². The van der Waals surface area contributed by atoms with Crippen molar-refractivity contribution in [2.75, 3.05) is 10.5 Å². The molecule has 8 heteroatoms. The number of rotatable bonds is 3. The van der Waals surface area contributed by atoms with E-state index in [0.717, 1.165) is 11.5 Å². The van der Waals surface area contributed by atoms with E-state index in [0.29, 0.717) is 16.3 Å². The van der Waals surface area contributed by atoms with Crippen molar-refractivity contribution in [3.8, 4) is 0 Å². The molecule has 0 saturated heterocycles. The Morgan fingerprint density at radius 1 is 1.41 bits per heavy atom. The van der Waals surface area contributed by atoms with Gasteiger partial charge in [-0.2, -0.15) is 0 Å². The fraction of sp³-hybridized carbons (Fsp3) is 0.111. The van der Waals surface area contributed by atoms with E-state index in [9.17, 15) is 8.42 Å². The molecule has 0 spiro atoms. The first-order chi connectivity index (χ1) is 7.99. The lowest BCUT2D eigenvalue weighted by molar-refractivity contribution is 0.601. The lowest BCUT2D eigenvalue weighted by Crippen LogP contribution is -2.13. The van der Waals surface area contributed by atoms with E-state index >= 15 is 0 Å². The highest BCUT2D eigenvalue weighted by molar-refractivity contribution is 7.93. The highest BCUT2D eigenvalue weighted by Gasteiger charge is 2.17. The number of nitrogens with zero attached hydrogens (tertiary/aromatic N) is 2. The van der Waals surface area contributed by atoms with E-state index in [2.05, 4.69) is 14.3 Å². The Morgan fingerprint density at radius 3 is 2.76 bits per heavy atom. The zero-order valence-corrected chi connectivity index (χ0v) is 10.5. The smallest absolute Gasteiger partial charge is 0.262 e. The molecule has 0 saturated carbocycles. The monoisotopic (exact) mass is 270 g/mol. The van der Waals surface area contributed by atoms with Crippen molar-refractivity contribution in [3.05, 3.63) is 30.0 Å². The largest absolute Gasteiger partial charge is 0.399 e. The molecule has 17 heavy (non-hydrogen) atoms. The summed E-state index contributed by atoms with van der Waals surface area (Å²) in [6.45, 7) is 1.69. The standard InChI is InChI=1S/C9H10N4O2S2/c1-6-4-7(10)2-3-8(6)17(14,15)12-9-5-11-13-16-9/h2-5,12H,10H2,1H3. The van der Waals surface area contributed by atoms with Gasteiger partial charge in [-0.15, -0.1) is 5.10 Å². The maximum Gasteiger partial charge on any atom is 0.262 e. The van der Waals surface area contributed by atoms with Crippen LogP contribution in [0.25, 0.3) is 0 Å². The van der Waals surface area contributed by atoms with Crippen LogP contribution in [-0.2, 0) is 10.0 Å². The van der Waals surface area contributed by atoms with E-state index in [-0.39, 0.29) is 4.90 Å². The SMILES string of the molecule is Cc1cc(N)ccc1S(=O)(=O)Nc1cnns1. The lowest BCUT2D eigenvalue weighted by Gasteiger charge is -2.08. The van der Waals surface area contributed by atoms with Crippen LogP contribution in [-0.4, -0.2) is 18.0 Å². The Morgan fingerprint density at radius 2 is 2.18 bits per heavy atom. The number of nitrogens with one attached hydrogen (secondary N) is 1. The number of sulfonamides is 1. The maximum absolute atomic E-state index is 12.0. The van der Waals surface area contributed by atoms with Crippen molar-refractivity contribution < 1.29 is 8.42 Å². The van der Waals surface area contributed by atoms with Crippen LogP contribution >= 0.6 is 11.5 Å². The van der Waals surface area contributed by atoms with Crippen LogP contribution in [0.2, 0.25) is 0 Å². The quantitative estimate of drug-likeness (QED) is 0.817. The predicted molar refractivity (Wildman–Crippen MR) is 66.3 cm³/mol. The van der Waals surface area contributed by atoms with E-state index in [1.54, 1.807) is 19.1 Å². The Balaban J connectivity index is 2.38. The van der Waals surface area contributed by atoms with Gasteiger partial charge in [0.05, 0.1) is 11.1 Å². The third kappa shape index (κ3) is 2.53. The summed E-state index contributed by atoms with van der Waals surface area (Å²) in [5, 5.41) is 3.93. The molecule has 0 aliphatic carbocycles. The lowest BCUT2D eigenvalue weighted by atomic mass is 10.2. The van der Waals surface area contributed by atoms with Gasteiger partial charge in [-0.3, -0.25) is 4.72 Å². The Hall–Kier alpha value is -1.67. The number of benzene rings is 1. The molecule has 1 heterocycles. The molecule has 0 aliphatic rings. The van der Waals surface area contributed by atoms with Gasteiger partial charge in [0, 0.05) is 17.2 Å². The van der Waals surface area contributed by atoms with Gasteiger partial charge < -0.3 is 5.73 Å². The van der Waals surface area contributed by atoms with Crippen molar-refractivity contribution in [2.45, 2.75) is 11.8 Å². The molecule has 0 fully saturated rings. The topological polar surface area (TPSA) is 98.0 Å². The van der Waals surface area contributed by atoms with Crippen LogP contribution in [0.3, 0.4) is 0 Å². The first-order valence-corrected chi connectivity index (χ1v) is 6.91. The zero-order valence-electron chi connectivity index (χ0n) is 8.91. The highest BCUT2D eigenvalue weighted by atomic mass is 32.2. The first kappa shape index (κ1) is 11.8. The first-order valence-electron chi connectivity index (χ1n) is 4.65. The Labute approximate surface area is 103 Å². The predicted octanol–water partition coefficient (Wildman–Crippen LogP) is 1.23. The fourth-order valence-electron chi connectivity index (χ4n) is 1.37. The molecule has 1 aromatic carbocycles. The molecule has 1 aromatic heterocycles. The molecular formula is C9H10N4O2S2. The maximum atomic E-state index is 12.0. The summed E-state index contributed by atoms with van der Waals surface area (Å²) in [6, 6.07) is 4.63. The second-order valence-corrected chi connectivity index (χ2v) is 5.85. The Bertz CT molecular complexity index is 622. The molecular weight excluding hydrogens is 260 g/mol. The number of aromatic nitrogens is 2. The molecule has 0 aliphatic heterocycles. The minimum absolute atomic E-state index is 0.195. The number of aryl methyl sites for hydroxylation is 1. The summed E-state index contributed by atoms with van der Waals surface area (Å²) < 4.78 is 30.0. The minimum atomic E-state index is -3.61. The number of anilines is 2. The Kier molecular flexibility index (Phi) is 2.99. The summed E-state index contributed by atoms with van der Waals surface area (Å²) in [5.41, 5.74) is 6.69. The van der Waals surface area contributed by atoms with Crippen LogP contribution < -0.4 is 10.5 Å². The van der Waals surface area contributed by atoms with E-state index in [1.807, 2.05) is 0 Å². The minimum Gasteiger partial charge on any atom is -0.399 e. The average molecular weight is 270 g/mol. The molecule has 0 radical (unpaired) electrons. The van der Waals surface area contributed by atoms with Gasteiger partial charge in [-0.25, -0.2) is 8.42 Å². The third-order valence-electron chi connectivity index (χ3n) is 2.08. The molecule has 0 unspecified atom stereocenters. The number of nitrogens with two attached hydrogens (primary N) is 1. The summed E-state index contributed by atoms with van der Waals surface area (Å²) in [4.78, 5) is 0.195. The van der Waals surface area contributed by atoms with E-state index < -0.39 is 10.0 Å². The normalized spacial score (nSPS) is 11.4. The average Bonchev–Trinajstić information content (AvgIpc) is 2.68. The molecule has 2 aromatic rings. The van der Waals surface area contributed by atoms with Gasteiger partial charge in [0.2, 0.25) is 0 Å². The zero-order chi connectivity index (χ0) is 12.5. The molecule has 2 rings (SSSR count). The van der Waals surface area contributed by atoms with E-state index in [1.165, 1.54) is 12.3 Å². The van der Waals surface area contributed by atoms with Gasteiger partial charge in [0.1, 0.15) is 5.00 Å². The van der Waals surface area contributed by atoms with Crippen molar-refractivity contribution in [1.29, 1.82) is 0 Å². The molecule has 0 atom stereocenters. The molecule has 90 valence electrons. The van der Waals surface area contributed by atoms with Crippen molar-refractivity contribution in [1.82, 2.24) is 9.59 Å². The van der Waals surface area contributed by atoms with Crippen molar-refractivity contribution >= 4 is 32.2 Å².